The zero-order chi connectivity index (χ0) is 22.7. The van der Waals surface area contributed by atoms with Crippen LogP contribution in [-0.2, 0) is 13.2 Å². The molecule has 8 heteroatoms. The number of ether oxygens (including phenoxy) is 1. The molecular formula is C24H21ClFN3O3. The normalized spacial score (nSPS) is 10.9. The maximum absolute atomic E-state index is 13.4. The molecule has 2 heterocycles. The second kappa shape index (κ2) is 9.28. The Morgan fingerprint density at radius 2 is 1.94 bits per heavy atom. The van der Waals surface area contributed by atoms with Gasteiger partial charge in [0.1, 0.15) is 29.0 Å². The Morgan fingerprint density at radius 3 is 2.69 bits per heavy atom. The number of benzene rings is 2. The quantitative estimate of drug-likeness (QED) is 0.386. The topological polar surface area (TPSA) is 69.3 Å². The van der Waals surface area contributed by atoms with Gasteiger partial charge in [0, 0.05) is 6.20 Å². The first kappa shape index (κ1) is 21.6. The number of furan rings is 1. The molecule has 0 aliphatic rings. The van der Waals surface area contributed by atoms with E-state index in [1.165, 1.54) is 16.8 Å². The van der Waals surface area contributed by atoms with E-state index in [9.17, 15) is 9.18 Å². The number of hydrogen-bond donors (Lipinski definition) is 1. The highest BCUT2D eigenvalue weighted by Gasteiger charge is 2.16. The fourth-order valence-corrected chi connectivity index (χ4v) is 3.50. The number of amides is 1. The molecule has 0 aliphatic carbocycles. The molecule has 32 heavy (non-hydrogen) atoms. The van der Waals surface area contributed by atoms with Crippen LogP contribution >= 0.6 is 11.6 Å². The summed E-state index contributed by atoms with van der Waals surface area (Å²) in [7, 11) is 0. The van der Waals surface area contributed by atoms with Crippen molar-refractivity contribution in [3.8, 4) is 5.75 Å². The van der Waals surface area contributed by atoms with Crippen LogP contribution in [0.3, 0.4) is 0 Å². The minimum Gasteiger partial charge on any atom is -0.486 e. The lowest BCUT2D eigenvalue weighted by molar-refractivity contribution is 0.0992. The molecule has 0 aliphatic heterocycles. The molecule has 4 rings (SSSR count). The number of halogens is 2. The number of carbonyl (C=O) groups is 1. The number of anilines is 1. The van der Waals surface area contributed by atoms with Gasteiger partial charge < -0.3 is 14.5 Å². The number of hydrogen-bond acceptors (Lipinski definition) is 4. The lowest BCUT2D eigenvalue weighted by Crippen LogP contribution is -2.12. The third-order valence-corrected chi connectivity index (χ3v) is 4.92. The van der Waals surface area contributed by atoms with Gasteiger partial charge in [0.2, 0.25) is 0 Å². The highest BCUT2D eigenvalue weighted by molar-refractivity contribution is 6.33. The second-order valence-corrected chi connectivity index (χ2v) is 7.89. The van der Waals surface area contributed by atoms with Gasteiger partial charge >= 0.3 is 0 Å². The molecule has 0 bridgehead atoms. The Balaban J connectivity index is 1.38. The first-order chi connectivity index (χ1) is 15.4. The number of aryl methyl sites for hydroxylation is 2. The summed E-state index contributed by atoms with van der Waals surface area (Å²) in [6, 6.07) is 15.4. The van der Waals surface area contributed by atoms with E-state index >= 15 is 0 Å². The van der Waals surface area contributed by atoms with Crippen molar-refractivity contribution in [3.05, 3.63) is 99.8 Å². The van der Waals surface area contributed by atoms with Gasteiger partial charge in [0.05, 0.1) is 6.54 Å². The summed E-state index contributed by atoms with van der Waals surface area (Å²) in [6.45, 7) is 4.51. The summed E-state index contributed by atoms with van der Waals surface area (Å²) in [4.78, 5) is 12.6. The highest BCUT2D eigenvalue weighted by atomic mass is 35.5. The van der Waals surface area contributed by atoms with E-state index in [0.29, 0.717) is 12.3 Å². The average Bonchev–Trinajstić information content (AvgIpc) is 3.33. The van der Waals surface area contributed by atoms with Crippen molar-refractivity contribution in [1.29, 1.82) is 0 Å². The molecule has 2 aromatic heterocycles. The SMILES string of the molecule is Cc1cc(C)cc(OCc2ccc(C(=O)Nc3nn(Cc4cccc(F)c4)cc3Cl)o2)c1. The van der Waals surface area contributed by atoms with Crippen molar-refractivity contribution in [2.24, 2.45) is 0 Å². The Hall–Kier alpha value is -3.58. The van der Waals surface area contributed by atoms with Gasteiger partial charge in [-0.1, -0.05) is 29.8 Å². The summed E-state index contributed by atoms with van der Waals surface area (Å²) in [5.41, 5.74) is 2.93. The molecule has 0 saturated heterocycles. The number of nitrogens with zero attached hydrogens (tertiary/aromatic N) is 2. The van der Waals surface area contributed by atoms with Crippen LogP contribution in [0.25, 0.3) is 0 Å². The average molecular weight is 454 g/mol. The highest BCUT2D eigenvalue weighted by Crippen LogP contribution is 2.22. The summed E-state index contributed by atoms with van der Waals surface area (Å²) < 4.78 is 26.3. The van der Waals surface area contributed by atoms with Gasteiger partial charge in [-0.3, -0.25) is 9.48 Å². The summed E-state index contributed by atoms with van der Waals surface area (Å²) in [5.74, 6) is 0.736. The minimum absolute atomic E-state index is 0.111. The van der Waals surface area contributed by atoms with Crippen molar-refractivity contribution in [1.82, 2.24) is 9.78 Å². The summed E-state index contributed by atoms with van der Waals surface area (Å²) in [6.07, 6.45) is 1.56. The van der Waals surface area contributed by atoms with E-state index in [2.05, 4.69) is 16.5 Å². The number of nitrogens with one attached hydrogen (secondary N) is 1. The third-order valence-electron chi connectivity index (χ3n) is 4.64. The Morgan fingerprint density at radius 1 is 1.16 bits per heavy atom. The number of rotatable bonds is 7. The molecule has 0 atom stereocenters. The van der Waals surface area contributed by atoms with Crippen molar-refractivity contribution in [3.63, 3.8) is 0 Å². The van der Waals surface area contributed by atoms with E-state index < -0.39 is 5.91 Å². The fraction of sp³-hybridized carbons (Fsp3) is 0.167. The standard InChI is InChI=1S/C24H21ClFN3O3/c1-15-8-16(2)10-20(9-15)31-14-19-6-7-22(32-19)24(30)27-23-21(25)13-29(28-23)12-17-4-3-5-18(26)11-17/h3-11,13H,12,14H2,1-2H3,(H,27,28,30). The van der Waals surface area contributed by atoms with Crippen molar-refractivity contribution < 1.29 is 18.3 Å². The van der Waals surface area contributed by atoms with E-state index in [0.717, 1.165) is 22.4 Å². The van der Waals surface area contributed by atoms with E-state index in [4.69, 9.17) is 20.8 Å². The zero-order valence-corrected chi connectivity index (χ0v) is 18.3. The van der Waals surface area contributed by atoms with Crippen molar-refractivity contribution >= 4 is 23.3 Å². The molecule has 0 unspecified atom stereocenters. The molecule has 1 amide bonds. The number of carbonyl (C=O) groups excluding carboxylic acids is 1. The largest absolute Gasteiger partial charge is 0.486 e. The van der Waals surface area contributed by atoms with Crippen LogP contribution in [-0.4, -0.2) is 15.7 Å². The Labute approximate surface area is 189 Å². The molecule has 164 valence electrons. The lowest BCUT2D eigenvalue weighted by Gasteiger charge is -2.06. The van der Waals surface area contributed by atoms with Crippen molar-refractivity contribution in [2.45, 2.75) is 27.0 Å². The summed E-state index contributed by atoms with van der Waals surface area (Å²) >= 11 is 6.20. The van der Waals surface area contributed by atoms with Gasteiger partial charge in [-0.05, 0) is 66.9 Å². The predicted molar refractivity (Wildman–Crippen MR) is 120 cm³/mol. The van der Waals surface area contributed by atoms with Crippen LogP contribution in [0, 0.1) is 19.7 Å². The molecule has 6 nitrogen and oxygen atoms in total. The Kier molecular flexibility index (Phi) is 6.28. The maximum Gasteiger partial charge on any atom is 0.292 e. The molecule has 4 aromatic rings. The molecule has 1 N–H and O–H groups in total. The van der Waals surface area contributed by atoms with Crippen LogP contribution < -0.4 is 10.1 Å². The second-order valence-electron chi connectivity index (χ2n) is 7.49. The molecule has 0 fully saturated rings. The van der Waals surface area contributed by atoms with Crippen LogP contribution in [0.2, 0.25) is 5.02 Å². The first-order valence-corrected chi connectivity index (χ1v) is 10.3. The Bertz CT molecular complexity index is 1240. The van der Waals surface area contributed by atoms with Crippen LogP contribution in [0.5, 0.6) is 5.75 Å². The summed E-state index contributed by atoms with van der Waals surface area (Å²) in [5, 5.41) is 7.16. The van der Waals surface area contributed by atoms with Gasteiger partial charge in [0.15, 0.2) is 11.6 Å². The fourth-order valence-electron chi connectivity index (χ4n) is 3.30. The van der Waals surface area contributed by atoms with Crippen LogP contribution in [0.15, 0.2) is 65.2 Å². The van der Waals surface area contributed by atoms with Crippen molar-refractivity contribution in [2.75, 3.05) is 5.32 Å². The zero-order valence-electron chi connectivity index (χ0n) is 17.6. The maximum atomic E-state index is 13.4. The van der Waals surface area contributed by atoms with Gasteiger partial charge in [0.25, 0.3) is 5.91 Å². The molecule has 0 saturated carbocycles. The molecule has 0 radical (unpaired) electrons. The molecule has 2 aromatic carbocycles. The van der Waals surface area contributed by atoms with Gasteiger partial charge in [-0.25, -0.2) is 4.39 Å². The number of aromatic nitrogens is 2. The monoisotopic (exact) mass is 453 g/mol. The lowest BCUT2D eigenvalue weighted by atomic mass is 10.1. The van der Waals surface area contributed by atoms with E-state index in [1.807, 2.05) is 26.0 Å². The molecular weight excluding hydrogens is 433 g/mol. The third kappa shape index (κ3) is 5.36. The van der Waals surface area contributed by atoms with E-state index in [-0.39, 0.29) is 29.0 Å². The van der Waals surface area contributed by atoms with Gasteiger partial charge in [-0.2, -0.15) is 5.10 Å². The minimum atomic E-state index is -0.486. The van der Waals surface area contributed by atoms with Gasteiger partial charge in [-0.15, -0.1) is 0 Å². The smallest absolute Gasteiger partial charge is 0.292 e. The van der Waals surface area contributed by atoms with Crippen LogP contribution in [0.4, 0.5) is 10.2 Å². The van der Waals surface area contributed by atoms with Crippen LogP contribution in [0.1, 0.15) is 33.0 Å². The van der Waals surface area contributed by atoms with E-state index in [1.54, 1.807) is 30.5 Å². The first-order valence-electron chi connectivity index (χ1n) is 9.94. The predicted octanol–water partition coefficient (Wildman–Crippen LogP) is 5.77. The molecule has 0 spiro atoms.